The first-order valence-corrected chi connectivity index (χ1v) is 11.9. The quantitative estimate of drug-likeness (QED) is 0.590. The van der Waals surface area contributed by atoms with Gasteiger partial charge in [0.25, 0.3) is 0 Å². The molecule has 0 saturated heterocycles. The van der Waals surface area contributed by atoms with Crippen molar-refractivity contribution in [2.75, 3.05) is 12.4 Å². The summed E-state index contributed by atoms with van der Waals surface area (Å²) in [5, 5.41) is 3.13. The van der Waals surface area contributed by atoms with Gasteiger partial charge in [0.05, 0.1) is 10.3 Å². The van der Waals surface area contributed by atoms with Gasteiger partial charge in [-0.2, -0.15) is 0 Å². The number of anilines is 1. The molecule has 6 heteroatoms. The molecule has 0 atom stereocenters. The molecule has 0 aliphatic heterocycles. The summed E-state index contributed by atoms with van der Waals surface area (Å²) >= 11 is 0. The van der Waals surface area contributed by atoms with E-state index in [0.717, 1.165) is 48.1 Å². The molecule has 4 rings (SSSR count). The van der Waals surface area contributed by atoms with E-state index in [2.05, 4.69) is 10.0 Å². The number of nitrogens with one attached hydrogen (secondary N) is 2. The molecule has 3 aromatic rings. The van der Waals surface area contributed by atoms with Crippen LogP contribution in [-0.2, 0) is 20.2 Å². The Balaban J connectivity index is 1.58. The van der Waals surface area contributed by atoms with E-state index in [9.17, 15) is 13.2 Å². The van der Waals surface area contributed by atoms with Gasteiger partial charge >= 0.3 is 0 Å². The minimum atomic E-state index is -3.47. The highest BCUT2D eigenvalue weighted by Gasteiger charge is 2.42. The zero-order chi connectivity index (χ0) is 21.9. The molecule has 0 radical (unpaired) electrons. The third-order valence-corrected chi connectivity index (χ3v) is 7.54. The Morgan fingerprint density at radius 3 is 2.16 bits per heavy atom. The largest absolute Gasteiger partial charge is 0.325 e. The van der Waals surface area contributed by atoms with Gasteiger partial charge in [0.15, 0.2) is 0 Å². The van der Waals surface area contributed by atoms with Gasteiger partial charge in [0, 0.05) is 5.69 Å². The van der Waals surface area contributed by atoms with E-state index in [1.165, 1.54) is 7.05 Å². The van der Waals surface area contributed by atoms with Crippen LogP contribution >= 0.6 is 0 Å². The van der Waals surface area contributed by atoms with Crippen LogP contribution in [0.1, 0.15) is 31.2 Å². The van der Waals surface area contributed by atoms with Crippen LogP contribution < -0.4 is 10.0 Å². The van der Waals surface area contributed by atoms with Crippen molar-refractivity contribution in [3.05, 3.63) is 84.4 Å². The predicted octanol–water partition coefficient (Wildman–Crippen LogP) is 4.71. The lowest BCUT2D eigenvalue weighted by Gasteiger charge is -2.28. The minimum Gasteiger partial charge on any atom is -0.325 e. The lowest BCUT2D eigenvalue weighted by molar-refractivity contribution is -0.121. The molecule has 1 aliphatic rings. The van der Waals surface area contributed by atoms with Gasteiger partial charge in [-0.1, -0.05) is 67.4 Å². The molecule has 0 aromatic heterocycles. The highest BCUT2D eigenvalue weighted by molar-refractivity contribution is 7.89. The minimum absolute atomic E-state index is 0.0313. The number of sulfonamides is 1. The summed E-state index contributed by atoms with van der Waals surface area (Å²) < 4.78 is 26.2. The van der Waals surface area contributed by atoms with Crippen molar-refractivity contribution < 1.29 is 13.2 Å². The van der Waals surface area contributed by atoms with E-state index in [-0.39, 0.29) is 10.8 Å². The topological polar surface area (TPSA) is 75.3 Å². The fraction of sp³-hybridized carbons (Fsp3) is 0.240. The molecule has 0 heterocycles. The van der Waals surface area contributed by atoms with Gasteiger partial charge in [-0.15, -0.1) is 0 Å². The second-order valence-electron chi connectivity index (χ2n) is 7.92. The summed E-state index contributed by atoms with van der Waals surface area (Å²) in [4.78, 5) is 13.6. The van der Waals surface area contributed by atoms with Crippen LogP contribution in [0.25, 0.3) is 11.1 Å². The smallest absolute Gasteiger partial charge is 0.240 e. The van der Waals surface area contributed by atoms with Crippen molar-refractivity contribution in [1.82, 2.24) is 4.72 Å². The summed E-state index contributed by atoms with van der Waals surface area (Å²) in [5.41, 5.74) is 3.11. The first-order chi connectivity index (χ1) is 14.9. The van der Waals surface area contributed by atoms with Crippen molar-refractivity contribution in [3.8, 4) is 11.1 Å². The van der Waals surface area contributed by atoms with E-state index in [4.69, 9.17) is 0 Å². The Labute approximate surface area is 183 Å². The lowest BCUT2D eigenvalue weighted by Crippen LogP contribution is -2.37. The zero-order valence-electron chi connectivity index (χ0n) is 17.5. The van der Waals surface area contributed by atoms with Crippen LogP contribution in [0.15, 0.2) is 83.8 Å². The van der Waals surface area contributed by atoms with Gasteiger partial charge in [-0.25, -0.2) is 13.1 Å². The molecule has 0 bridgehead atoms. The summed E-state index contributed by atoms with van der Waals surface area (Å²) in [6.07, 6.45) is 3.79. The van der Waals surface area contributed by atoms with Crippen molar-refractivity contribution in [1.29, 1.82) is 0 Å². The molecule has 5 nitrogen and oxygen atoms in total. The predicted molar refractivity (Wildman–Crippen MR) is 123 cm³/mol. The van der Waals surface area contributed by atoms with Gasteiger partial charge in [0.2, 0.25) is 15.9 Å². The van der Waals surface area contributed by atoms with E-state index in [0.29, 0.717) is 0 Å². The monoisotopic (exact) mass is 434 g/mol. The molecule has 2 N–H and O–H groups in total. The second kappa shape index (κ2) is 8.65. The van der Waals surface area contributed by atoms with E-state index in [1.54, 1.807) is 24.3 Å². The van der Waals surface area contributed by atoms with Crippen molar-refractivity contribution in [3.63, 3.8) is 0 Å². The molecular formula is C25H26N2O3S. The Morgan fingerprint density at radius 1 is 0.839 bits per heavy atom. The van der Waals surface area contributed by atoms with Gasteiger partial charge in [-0.05, 0) is 60.8 Å². The second-order valence-corrected chi connectivity index (χ2v) is 9.81. The number of carbonyl (C=O) groups excluding carboxylic acids is 1. The fourth-order valence-electron chi connectivity index (χ4n) is 4.35. The number of hydrogen-bond acceptors (Lipinski definition) is 3. The zero-order valence-corrected chi connectivity index (χ0v) is 18.3. The molecule has 1 saturated carbocycles. The highest BCUT2D eigenvalue weighted by atomic mass is 32.2. The Bertz CT molecular complexity index is 1170. The van der Waals surface area contributed by atoms with E-state index in [1.807, 2.05) is 54.6 Å². The molecule has 3 aromatic carbocycles. The Hall–Kier alpha value is -2.96. The molecule has 31 heavy (non-hydrogen) atoms. The molecule has 1 aliphatic carbocycles. The standard InChI is InChI=1S/C25H26N2O3S/c1-26-31(29,30)23-14-12-19(13-15-23)20-8-7-11-22(18-20)27-24(28)25(16-5-6-17-25)21-9-3-2-4-10-21/h2-4,7-15,18,26H,5-6,16-17H2,1H3,(H,27,28). The summed E-state index contributed by atoms with van der Waals surface area (Å²) in [7, 11) is -2.08. The molecule has 1 amide bonds. The van der Waals surface area contributed by atoms with Crippen LogP contribution in [0.2, 0.25) is 0 Å². The average Bonchev–Trinajstić information content (AvgIpc) is 3.31. The van der Waals surface area contributed by atoms with Gasteiger partial charge < -0.3 is 5.32 Å². The van der Waals surface area contributed by atoms with Crippen LogP contribution in [0.4, 0.5) is 5.69 Å². The number of amides is 1. The van der Waals surface area contributed by atoms with Crippen molar-refractivity contribution in [2.24, 2.45) is 0 Å². The maximum absolute atomic E-state index is 13.4. The SMILES string of the molecule is CNS(=O)(=O)c1ccc(-c2cccc(NC(=O)C3(c4ccccc4)CCCC3)c2)cc1. The van der Waals surface area contributed by atoms with Crippen LogP contribution in [0.3, 0.4) is 0 Å². The third-order valence-electron chi connectivity index (χ3n) is 6.11. The Morgan fingerprint density at radius 2 is 1.52 bits per heavy atom. The third kappa shape index (κ3) is 4.27. The lowest BCUT2D eigenvalue weighted by atomic mass is 9.78. The normalized spacial score (nSPS) is 15.5. The number of hydrogen-bond donors (Lipinski definition) is 2. The summed E-state index contributed by atoms with van der Waals surface area (Å²) in [6.45, 7) is 0. The van der Waals surface area contributed by atoms with E-state index >= 15 is 0 Å². The van der Waals surface area contributed by atoms with Crippen molar-refractivity contribution in [2.45, 2.75) is 36.0 Å². The highest BCUT2D eigenvalue weighted by Crippen LogP contribution is 2.42. The molecular weight excluding hydrogens is 408 g/mol. The van der Waals surface area contributed by atoms with Crippen molar-refractivity contribution >= 4 is 21.6 Å². The molecule has 0 spiro atoms. The van der Waals surface area contributed by atoms with Gasteiger partial charge in [0.1, 0.15) is 0 Å². The summed E-state index contributed by atoms with van der Waals surface area (Å²) in [6, 6.07) is 24.4. The van der Waals surface area contributed by atoms with Crippen LogP contribution in [0, 0.1) is 0 Å². The number of benzene rings is 3. The maximum atomic E-state index is 13.4. The molecule has 160 valence electrons. The summed E-state index contributed by atoms with van der Waals surface area (Å²) in [5.74, 6) is 0.0313. The first kappa shape index (κ1) is 21.3. The Kier molecular flexibility index (Phi) is 5.94. The first-order valence-electron chi connectivity index (χ1n) is 10.5. The van der Waals surface area contributed by atoms with E-state index < -0.39 is 15.4 Å². The molecule has 1 fully saturated rings. The average molecular weight is 435 g/mol. The maximum Gasteiger partial charge on any atom is 0.240 e. The number of rotatable bonds is 6. The van der Waals surface area contributed by atoms with Crippen LogP contribution in [0.5, 0.6) is 0 Å². The fourth-order valence-corrected chi connectivity index (χ4v) is 5.08. The number of carbonyl (C=O) groups is 1. The molecule has 0 unspecified atom stereocenters. The van der Waals surface area contributed by atoms with Gasteiger partial charge in [-0.3, -0.25) is 4.79 Å². The van der Waals surface area contributed by atoms with Crippen LogP contribution in [-0.4, -0.2) is 21.4 Å².